The normalized spacial score (nSPS) is 12.2. The number of aromatic carboxylic acids is 1. The molecule has 1 rings (SSSR count). The van der Waals surface area contributed by atoms with Crippen LogP contribution in [-0.4, -0.2) is 24.2 Å². The SMILES string of the molecule is CC(C)(CCN)CC(C)(C)COc1ccc(C(=O)O)cc1. The van der Waals surface area contributed by atoms with Gasteiger partial charge in [-0.2, -0.15) is 0 Å². The van der Waals surface area contributed by atoms with E-state index >= 15 is 0 Å². The topological polar surface area (TPSA) is 72.5 Å². The lowest BCUT2D eigenvalue weighted by Gasteiger charge is -2.34. The molecule has 0 spiro atoms. The average Bonchev–Trinajstić information content (AvgIpc) is 2.35. The number of hydrogen-bond acceptors (Lipinski definition) is 3. The van der Waals surface area contributed by atoms with Crippen LogP contribution in [-0.2, 0) is 0 Å². The first-order chi connectivity index (χ1) is 9.65. The quantitative estimate of drug-likeness (QED) is 0.768. The van der Waals surface area contributed by atoms with Gasteiger partial charge >= 0.3 is 5.97 Å². The predicted molar refractivity (Wildman–Crippen MR) is 84.7 cm³/mol. The van der Waals surface area contributed by atoms with E-state index in [-0.39, 0.29) is 16.4 Å². The molecule has 0 saturated heterocycles. The molecule has 1 aromatic rings. The van der Waals surface area contributed by atoms with Crippen LogP contribution in [0.4, 0.5) is 0 Å². The third kappa shape index (κ3) is 6.17. The van der Waals surface area contributed by atoms with Crippen molar-refractivity contribution in [3.63, 3.8) is 0 Å². The van der Waals surface area contributed by atoms with Gasteiger partial charge in [0.25, 0.3) is 0 Å². The third-order valence-corrected chi connectivity index (χ3v) is 3.51. The molecule has 4 heteroatoms. The molecule has 0 heterocycles. The van der Waals surface area contributed by atoms with E-state index in [1.807, 2.05) is 0 Å². The predicted octanol–water partition coefficient (Wildman–Crippen LogP) is 3.55. The van der Waals surface area contributed by atoms with Gasteiger partial charge in [-0.15, -0.1) is 0 Å². The maximum atomic E-state index is 10.8. The molecule has 3 N–H and O–H groups in total. The number of ether oxygens (including phenoxy) is 1. The lowest BCUT2D eigenvalue weighted by molar-refractivity contribution is 0.0696. The number of hydrogen-bond donors (Lipinski definition) is 2. The Morgan fingerprint density at radius 1 is 1.14 bits per heavy atom. The molecule has 0 saturated carbocycles. The first-order valence-corrected chi connectivity index (χ1v) is 7.31. The minimum Gasteiger partial charge on any atom is -0.493 e. The summed E-state index contributed by atoms with van der Waals surface area (Å²) in [4.78, 5) is 10.8. The molecule has 0 fully saturated rings. The standard InChI is InChI=1S/C17H27NO3/c1-16(2,9-10-18)11-17(3,4)12-21-14-7-5-13(6-8-14)15(19)20/h5-8H,9-12,18H2,1-4H3,(H,19,20). The maximum absolute atomic E-state index is 10.8. The lowest BCUT2D eigenvalue weighted by Crippen LogP contribution is -2.30. The van der Waals surface area contributed by atoms with E-state index in [0.29, 0.717) is 18.9 Å². The molecule has 0 bridgehead atoms. The zero-order chi connectivity index (χ0) is 16.1. The van der Waals surface area contributed by atoms with Gasteiger partial charge in [-0.3, -0.25) is 0 Å². The van der Waals surface area contributed by atoms with Crippen molar-refractivity contribution >= 4 is 5.97 Å². The molecule has 0 aliphatic rings. The van der Waals surface area contributed by atoms with Crippen molar-refractivity contribution in [1.82, 2.24) is 0 Å². The summed E-state index contributed by atoms with van der Waals surface area (Å²) in [5, 5.41) is 8.86. The van der Waals surface area contributed by atoms with Crippen molar-refractivity contribution in [2.24, 2.45) is 16.6 Å². The summed E-state index contributed by atoms with van der Waals surface area (Å²) in [5.41, 5.74) is 6.15. The molecule has 21 heavy (non-hydrogen) atoms. The zero-order valence-corrected chi connectivity index (χ0v) is 13.5. The monoisotopic (exact) mass is 293 g/mol. The van der Waals surface area contributed by atoms with E-state index in [1.165, 1.54) is 0 Å². The maximum Gasteiger partial charge on any atom is 0.335 e. The largest absolute Gasteiger partial charge is 0.493 e. The first-order valence-electron chi connectivity index (χ1n) is 7.31. The number of rotatable bonds is 8. The smallest absolute Gasteiger partial charge is 0.335 e. The molecule has 0 unspecified atom stereocenters. The van der Waals surface area contributed by atoms with E-state index in [1.54, 1.807) is 24.3 Å². The van der Waals surface area contributed by atoms with Crippen LogP contribution in [0.5, 0.6) is 5.75 Å². The number of nitrogens with two attached hydrogens (primary N) is 1. The van der Waals surface area contributed by atoms with Crippen molar-refractivity contribution in [3.05, 3.63) is 29.8 Å². The van der Waals surface area contributed by atoms with Crippen LogP contribution >= 0.6 is 0 Å². The number of carboxylic acid groups (broad SMARTS) is 1. The van der Waals surface area contributed by atoms with Crippen LogP contribution in [0, 0.1) is 10.8 Å². The minimum absolute atomic E-state index is 0.0319. The van der Waals surface area contributed by atoms with Crippen LogP contribution in [0.15, 0.2) is 24.3 Å². The molecule has 0 atom stereocenters. The minimum atomic E-state index is -0.926. The van der Waals surface area contributed by atoms with E-state index in [2.05, 4.69) is 27.7 Å². The number of benzene rings is 1. The Bertz CT molecular complexity index is 463. The zero-order valence-electron chi connectivity index (χ0n) is 13.5. The van der Waals surface area contributed by atoms with Crippen molar-refractivity contribution in [2.45, 2.75) is 40.5 Å². The molecule has 4 nitrogen and oxygen atoms in total. The fourth-order valence-electron chi connectivity index (χ4n) is 2.80. The molecule has 0 aliphatic carbocycles. The summed E-state index contributed by atoms with van der Waals surface area (Å²) in [7, 11) is 0. The van der Waals surface area contributed by atoms with E-state index < -0.39 is 5.97 Å². The molecule has 1 aromatic carbocycles. The van der Waals surface area contributed by atoms with Gasteiger partial charge in [0, 0.05) is 0 Å². The molecule has 0 aromatic heterocycles. The second-order valence-electron chi connectivity index (χ2n) is 7.16. The van der Waals surface area contributed by atoms with Gasteiger partial charge in [-0.1, -0.05) is 27.7 Å². The van der Waals surface area contributed by atoms with Crippen LogP contribution in [0.25, 0.3) is 0 Å². The molecule has 118 valence electrons. The second kappa shape index (κ2) is 6.94. The third-order valence-electron chi connectivity index (χ3n) is 3.51. The molecule has 0 aliphatic heterocycles. The summed E-state index contributed by atoms with van der Waals surface area (Å²) >= 11 is 0. The highest BCUT2D eigenvalue weighted by Crippen LogP contribution is 2.36. The van der Waals surface area contributed by atoms with Crippen LogP contribution in [0.2, 0.25) is 0 Å². The Labute approximate surface area is 127 Å². The van der Waals surface area contributed by atoms with Crippen molar-refractivity contribution < 1.29 is 14.6 Å². The van der Waals surface area contributed by atoms with Gasteiger partial charge in [0.1, 0.15) is 5.75 Å². The van der Waals surface area contributed by atoms with Gasteiger partial charge in [0.05, 0.1) is 12.2 Å². The van der Waals surface area contributed by atoms with Gasteiger partial charge in [0.15, 0.2) is 0 Å². The number of carbonyl (C=O) groups is 1. The Morgan fingerprint density at radius 3 is 2.19 bits per heavy atom. The highest BCUT2D eigenvalue weighted by atomic mass is 16.5. The van der Waals surface area contributed by atoms with Gasteiger partial charge in [0.2, 0.25) is 0 Å². The molecule has 0 radical (unpaired) electrons. The Kier molecular flexibility index (Phi) is 5.78. The van der Waals surface area contributed by atoms with E-state index in [0.717, 1.165) is 12.8 Å². The van der Waals surface area contributed by atoms with Crippen LogP contribution in [0.1, 0.15) is 50.9 Å². The Balaban J connectivity index is 2.58. The molecular formula is C17H27NO3. The summed E-state index contributed by atoms with van der Waals surface area (Å²) < 4.78 is 5.81. The molecule has 0 amide bonds. The van der Waals surface area contributed by atoms with Gasteiger partial charge < -0.3 is 15.6 Å². The lowest BCUT2D eigenvalue weighted by atomic mass is 9.74. The van der Waals surface area contributed by atoms with Gasteiger partial charge in [-0.05, 0) is 54.5 Å². The van der Waals surface area contributed by atoms with Crippen molar-refractivity contribution in [2.75, 3.05) is 13.2 Å². The van der Waals surface area contributed by atoms with Gasteiger partial charge in [-0.25, -0.2) is 4.79 Å². The summed E-state index contributed by atoms with van der Waals surface area (Å²) in [6.07, 6.45) is 2.01. The van der Waals surface area contributed by atoms with E-state index in [9.17, 15) is 4.79 Å². The highest BCUT2D eigenvalue weighted by Gasteiger charge is 2.29. The highest BCUT2D eigenvalue weighted by molar-refractivity contribution is 5.87. The fraction of sp³-hybridized carbons (Fsp3) is 0.588. The summed E-state index contributed by atoms with van der Waals surface area (Å²) in [5.74, 6) is -0.227. The van der Waals surface area contributed by atoms with Crippen molar-refractivity contribution in [3.8, 4) is 5.75 Å². The summed E-state index contributed by atoms with van der Waals surface area (Å²) in [6.45, 7) is 10.1. The fourth-order valence-corrected chi connectivity index (χ4v) is 2.80. The Hall–Kier alpha value is -1.55. The second-order valence-corrected chi connectivity index (χ2v) is 7.16. The first kappa shape index (κ1) is 17.5. The van der Waals surface area contributed by atoms with Crippen molar-refractivity contribution in [1.29, 1.82) is 0 Å². The van der Waals surface area contributed by atoms with Crippen LogP contribution in [0.3, 0.4) is 0 Å². The van der Waals surface area contributed by atoms with E-state index in [4.69, 9.17) is 15.6 Å². The summed E-state index contributed by atoms with van der Waals surface area (Å²) in [6, 6.07) is 6.52. The molecular weight excluding hydrogens is 266 g/mol. The van der Waals surface area contributed by atoms with Crippen LogP contribution < -0.4 is 10.5 Å². The number of carboxylic acids is 1. The Morgan fingerprint density at radius 2 is 1.71 bits per heavy atom. The average molecular weight is 293 g/mol.